The molecule has 0 N–H and O–H groups in total. The van der Waals surface area contributed by atoms with Crippen LogP contribution < -0.4 is 0 Å². The number of nitrogens with zero attached hydrogens (tertiary/aromatic N) is 1. The number of hydrogen-bond acceptors (Lipinski definition) is 1. The highest BCUT2D eigenvalue weighted by Crippen LogP contribution is 2.13. The maximum absolute atomic E-state index is 2.70. The molecule has 0 aliphatic rings. The fourth-order valence-corrected chi connectivity index (χ4v) is 8.31. The minimum atomic E-state index is -1.30. The lowest BCUT2D eigenvalue weighted by Crippen LogP contribution is -2.51. The Hall–Kier alpha value is -0.126. The lowest BCUT2D eigenvalue weighted by Gasteiger charge is -2.34. The Kier molecular flexibility index (Phi) is 8.83. The summed E-state index contributed by atoms with van der Waals surface area (Å²) < 4.78 is 2.70. The molecule has 0 saturated heterocycles. The smallest absolute Gasteiger partial charge is 0.139 e. The van der Waals surface area contributed by atoms with Crippen LogP contribution >= 0.6 is 0 Å². The fourth-order valence-electron chi connectivity index (χ4n) is 1.77. The first-order chi connectivity index (χ1) is 7.95. The third-order valence-electron chi connectivity index (χ3n) is 3.37. The summed E-state index contributed by atoms with van der Waals surface area (Å²) in [5.74, 6) is 0. The van der Waals surface area contributed by atoms with E-state index in [-0.39, 0.29) is 0 Å². The van der Waals surface area contributed by atoms with Crippen LogP contribution in [0.1, 0.15) is 39.5 Å². The van der Waals surface area contributed by atoms with Gasteiger partial charge >= 0.3 is 0 Å². The minimum absolute atomic E-state index is 0.841. The molecule has 0 saturated carbocycles. The van der Waals surface area contributed by atoms with Crippen LogP contribution in [0.2, 0.25) is 19.6 Å². The van der Waals surface area contributed by atoms with E-state index in [4.69, 9.17) is 0 Å². The number of unbranched alkanes of at least 4 members (excludes halogenated alkanes) is 2. The van der Waals surface area contributed by atoms with Gasteiger partial charge in [0.05, 0.1) is 0 Å². The molecule has 0 amide bonds. The molecule has 0 rings (SSSR count). The lowest BCUT2D eigenvalue weighted by atomic mass is 10.3. The van der Waals surface area contributed by atoms with Crippen molar-refractivity contribution in [2.45, 2.75) is 59.2 Å². The van der Waals surface area contributed by atoms with Gasteiger partial charge in [-0.25, -0.2) is 0 Å². The Morgan fingerprint density at radius 1 is 1.06 bits per heavy atom. The summed E-state index contributed by atoms with van der Waals surface area (Å²) in [5, 5.41) is 0. The predicted octanol–water partition coefficient (Wildman–Crippen LogP) is 4.27. The molecule has 17 heavy (non-hydrogen) atoms. The number of allylic oxidation sites excluding steroid dienone is 2. The van der Waals surface area contributed by atoms with Crippen molar-refractivity contribution in [3.63, 3.8) is 0 Å². The van der Waals surface area contributed by atoms with E-state index in [1.807, 2.05) is 0 Å². The molecule has 0 spiro atoms. The van der Waals surface area contributed by atoms with Crippen molar-refractivity contribution in [1.82, 2.24) is 4.23 Å². The van der Waals surface area contributed by atoms with E-state index in [1.165, 1.54) is 25.7 Å². The van der Waals surface area contributed by atoms with E-state index < -0.39 is 17.2 Å². The zero-order valence-corrected chi connectivity index (χ0v) is 14.8. The van der Waals surface area contributed by atoms with Gasteiger partial charge in [-0.1, -0.05) is 69.9 Å². The quantitative estimate of drug-likeness (QED) is 0.595. The van der Waals surface area contributed by atoms with Crippen molar-refractivity contribution in [1.29, 1.82) is 0 Å². The topological polar surface area (TPSA) is 3.24 Å². The molecule has 0 aromatic carbocycles. The van der Waals surface area contributed by atoms with E-state index in [0.29, 0.717) is 0 Å². The maximum atomic E-state index is 2.70. The minimum Gasteiger partial charge on any atom is -0.345 e. The van der Waals surface area contributed by atoms with Crippen molar-refractivity contribution in [3.05, 3.63) is 23.6 Å². The van der Waals surface area contributed by atoms with Crippen molar-refractivity contribution in [3.8, 4) is 0 Å². The standard InChI is InChI=1S/C14H31NSi2/c1-7-9-11-13-16(4)15(3)17(5,6)14-12-10-8-2/h11-14,16H,7-10H2,1-6H3/b13-11+,14-12+. The first-order valence-corrected chi connectivity index (χ1v) is 12.4. The molecular weight excluding hydrogens is 238 g/mol. The molecule has 0 fully saturated rings. The number of hydrogen-bond donors (Lipinski definition) is 0. The van der Waals surface area contributed by atoms with Gasteiger partial charge in [0.25, 0.3) is 0 Å². The summed E-state index contributed by atoms with van der Waals surface area (Å²) in [6.45, 7) is 11.8. The molecule has 1 nitrogen and oxygen atoms in total. The molecule has 0 aromatic heterocycles. The summed E-state index contributed by atoms with van der Waals surface area (Å²) in [5.41, 5.74) is 5.00. The van der Waals surface area contributed by atoms with Crippen LogP contribution in [0.25, 0.3) is 0 Å². The van der Waals surface area contributed by atoms with Crippen LogP contribution in [-0.2, 0) is 0 Å². The Morgan fingerprint density at radius 2 is 1.59 bits per heavy atom. The van der Waals surface area contributed by atoms with Gasteiger partial charge in [-0.05, 0) is 19.9 Å². The van der Waals surface area contributed by atoms with Crippen LogP contribution in [0, 0.1) is 0 Å². The van der Waals surface area contributed by atoms with Crippen molar-refractivity contribution in [2.24, 2.45) is 0 Å². The SMILES string of the molecule is CCC/C=C/[SiH](C)N(C)[Si](C)(C)/C=C/CCC. The molecule has 100 valence electrons. The molecule has 0 aliphatic carbocycles. The highest BCUT2D eigenvalue weighted by molar-refractivity contribution is 6.88. The van der Waals surface area contributed by atoms with Crippen molar-refractivity contribution >= 4 is 17.2 Å². The third-order valence-corrected chi connectivity index (χ3v) is 11.5. The molecule has 0 aromatic rings. The molecule has 3 heteroatoms. The normalized spacial score (nSPS) is 15.2. The largest absolute Gasteiger partial charge is 0.345 e. The second-order valence-electron chi connectivity index (χ2n) is 5.41. The molecule has 1 unspecified atom stereocenters. The van der Waals surface area contributed by atoms with Crippen LogP contribution in [0.3, 0.4) is 0 Å². The zero-order chi connectivity index (χ0) is 13.3. The van der Waals surface area contributed by atoms with Crippen molar-refractivity contribution in [2.75, 3.05) is 7.05 Å². The fraction of sp³-hybridized carbons (Fsp3) is 0.714. The first-order valence-electron chi connectivity index (χ1n) is 7.03. The molecule has 0 radical (unpaired) electrons. The highest BCUT2D eigenvalue weighted by Gasteiger charge is 2.26. The molecule has 1 atom stereocenters. The van der Waals surface area contributed by atoms with Gasteiger partial charge in [0.1, 0.15) is 17.2 Å². The van der Waals surface area contributed by atoms with Gasteiger partial charge < -0.3 is 4.23 Å². The molecule has 0 heterocycles. The van der Waals surface area contributed by atoms with E-state index in [1.54, 1.807) is 0 Å². The summed E-state index contributed by atoms with van der Waals surface area (Å²) in [4.78, 5) is 0. The van der Waals surface area contributed by atoms with Crippen LogP contribution in [-0.4, -0.2) is 28.5 Å². The van der Waals surface area contributed by atoms with Crippen molar-refractivity contribution < 1.29 is 0 Å². The Morgan fingerprint density at radius 3 is 2.12 bits per heavy atom. The Balaban J connectivity index is 4.39. The van der Waals surface area contributed by atoms with E-state index >= 15 is 0 Å². The summed E-state index contributed by atoms with van der Waals surface area (Å²) in [6, 6.07) is 0. The van der Waals surface area contributed by atoms with E-state index in [9.17, 15) is 0 Å². The second kappa shape index (κ2) is 8.89. The van der Waals surface area contributed by atoms with E-state index in [0.717, 1.165) is 0 Å². The van der Waals surface area contributed by atoms with Gasteiger partial charge in [-0.2, -0.15) is 0 Å². The average Bonchev–Trinajstić information content (AvgIpc) is 2.28. The third kappa shape index (κ3) is 7.01. The summed E-state index contributed by atoms with van der Waals surface area (Å²) in [6.07, 6.45) is 9.75. The molecular formula is C14H31NSi2. The summed E-state index contributed by atoms with van der Waals surface area (Å²) >= 11 is 0. The number of rotatable bonds is 8. The highest BCUT2D eigenvalue weighted by atomic mass is 28.4. The van der Waals surface area contributed by atoms with E-state index in [2.05, 4.69) is 68.3 Å². The van der Waals surface area contributed by atoms with Crippen LogP contribution in [0.4, 0.5) is 0 Å². The van der Waals surface area contributed by atoms with Gasteiger partial charge in [0.15, 0.2) is 0 Å². The van der Waals surface area contributed by atoms with Gasteiger partial charge in [0, 0.05) is 0 Å². The first kappa shape index (κ1) is 16.9. The molecule has 0 aliphatic heterocycles. The van der Waals surface area contributed by atoms with Gasteiger partial charge in [-0.15, -0.1) is 0 Å². The maximum Gasteiger partial charge on any atom is 0.139 e. The van der Waals surface area contributed by atoms with Crippen LogP contribution in [0.15, 0.2) is 23.6 Å². The van der Waals surface area contributed by atoms with Crippen LogP contribution in [0.5, 0.6) is 0 Å². The van der Waals surface area contributed by atoms with Gasteiger partial charge in [0.2, 0.25) is 0 Å². The monoisotopic (exact) mass is 269 g/mol. The molecule has 0 bridgehead atoms. The Bertz CT molecular complexity index is 247. The zero-order valence-electron chi connectivity index (χ0n) is 12.7. The van der Waals surface area contributed by atoms with Gasteiger partial charge in [-0.3, -0.25) is 0 Å². The predicted molar refractivity (Wildman–Crippen MR) is 86.4 cm³/mol. The lowest BCUT2D eigenvalue weighted by molar-refractivity contribution is 0.794. The average molecular weight is 270 g/mol. The summed E-state index contributed by atoms with van der Waals surface area (Å²) in [7, 11) is 0.184. The Labute approximate surface area is 111 Å². The second-order valence-corrected chi connectivity index (χ2v) is 12.9.